The van der Waals surface area contributed by atoms with Crippen LogP contribution in [0.5, 0.6) is 0 Å². The second-order valence-corrected chi connectivity index (χ2v) is 12.2. The molecule has 2 aromatic heterocycles. The van der Waals surface area contributed by atoms with E-state index in [-0.39, 0.29) is 24.3 Å². The summed E-state index contributed by atoms with van der Waals surface area (Å²) in [7, 11) is 0. The Balaban J connectivity index is 1.66. The molecule has 5 heterocycles. The maximum atomic E-state index is 13.1. The van der Waals surface area contributed by atoms with Crippen LogP contribution < -0.4 is 16.3 Å². The number of aromatic amines is 1. The topological polar surface area (TPSA) is 146 Å². The number of aryl methyl sites for hydroxylation is 1. The lowest BCUT2D eigenvalue weighted by Gasteiger charge is -2.10. The summed E-state index contributed by atoms with van der Waals surface area (Å²) in [6, 6.07) is 2.01. The maximum Gasteiger partial charge on any atom is 0.303 e. The zero-order valence-electron chi connectivity index (χ0n) is 26.6. The minimum Gasteiger partial charge on any atom is -0.481 e. The largest absolute Gasteiger partial charge is 0.481 e. The number of carbonyl (C=O) groups excluding carboxylic acids is 1. The molecule has 3 N–H and O–H groups in total. The molecular formula is C36H38N4O6. The molecule has 1 aliphatic carbocycles. The Morgan fingerprint density at radius 3 is 2.35 bits per heavy atom. The second kappa shape index (κ2) is 12.1. The van der Waals surface area contributed by atoms with Crippen LogP contribution in [0.4, 0.5) is 0 Å². The highest BCUT2D eigenvalue weighted by Crippen LogP contribution is 2.30. The molecule has 1 amide bonds. The van der Waals surface area contributed by atoms with Crippen LogP contribution in [0, 0.1) is 13.8 Å². The van der Waals surface area contributed by atoms with E-state index >= 15 is 0 Å². The van der Waals surface area contributed by atoms with Gasteiger partial charge in [0.15, 0.2) is 0 Å². The molecule has 10 nitrogen and oxygen atoms in total. The number of aliphatic carboxylic acids is 2. The second-order valence-electron chi connectivity index (χ2n) is 12.2. The van der Waals surface area contributed by atoms with Crippen molar-refractivity contribution in [3.05, 3.63) is 89.7 Å². The van der Waals surface area contributed by atoms with Gasteiger partial charge in [0.25, 0.3) is 11.5 Å². The van der Waals surface area contributed by atoms with Crippen molar-refractivity contribution in [1.29, 1.82) is 0 Å². The lowest BCUT2D eigenvalue weighted by Crippen LogP contribution is -2.17. The van der Waals surface area contributed by atoms with Crippen LogP contribution in [0.1, 0.15) is 85.0 Å². The summed E-state index contributed by atoms with van der Waals surface area (Å²) < 4.78 is 3.65. The molecule has 0 aromatic carbocycles. The summed E-state index contributed by atoms with van der Waals surface area (Å²) in [5.74, 6) is -1.99. The number of carbonyl (C=O) groups is 3. The van der Waals surface area contributed by atoms with E-state index < -0.39 is 11.9 Å². The fourth-order valence-electron chi connectivity index (χ4n) is 7.29. The van der Waals surface area contributed by atoms with E-state index in [0.29, 0.717) is 37.8 Å². The van der Waals surface area contributed by atoms with Gasteiger partial charge in [-0.25, -0.2) is 4.99 Å². The third kappa shape index (κ3) is 5.21. The number of allylic oxidation sites excluding steroid dienone is 1. The van der Waals surface area contributed by atoms with Gasteiger partial charge in [0.05, 0.1) is 22.6 Å². The van der Waals surface area contributed by atoms with Crippen molar-refractivity contribution in [2.75, 3.05) is 0 Å². The Kier molecular flexibility index (Phi) is 8.14. The summed E-state index contributed by atoms with van der Waals surface area (Å²) in [4.78, 5) is 57.1. The van der Waals surface area contributed by atoms with Crippen molar-refractivity contribution in [2.45, 2.75) is 85.5 Å². The summed E-state index contributed by atoms with van der Waals surface area (Å²) in [6.07, 6.45) is 11.5. The fraction of sp³-hybridized carbons (Fsp3) is 0.361. The minimum absolute atomic E-state index is 0.0542. The molecule has 0 atom stereocenters. The van der Waals surface area contributed by atoms with Gasteiger partial charge in [0, 0.05) is 47.1 Å². The molecule has 4 aliphatic rings. The lowest BCUT2D eigenvalue weighted by atomic mass is 9.92. The number of nitrogens with one attached hydrogen (secondary N) is 1. The highest BCUT2D eigenvalue weighted by molar-refractivity contribution is 6.31. The first-order valence-electron chi connectivity index (χ1n) is 15.9. The predicted molar refractivity (Wildman–Crippen MR) is 176 cm³/mol. The van der Waals surface area contributed by atoms with Gasteiger partial charge < -0.3 is 19.6 Å². The van der Waals surface area contributed by atoms with Crippen molar-refractivity contribution in [1.82, 2.24) is 14.0 Å². The van der Waals surface area contributed by atoms with Crippen LogP contribution in [-0.4, -0.2) is 47.7 Å². The summed E-state index contributed by atoms with van der Waals surface area (Å²) in [5.41, 5.74) is 10.2. The van der Waals surface area contributed by atoms with Gasteiger partial charge in [-0.3, -0.25) is 23.7 Å². The third-order valence-corrected chi connectivity index (χ3v) is 9.60. The molecule has 2 aromatic rings. The Hall–Kier alpha value is -4.99. The summed E-state index contributed by atoms with van der Waals surface area (Å²) in [6.45, 7) is 7.80. The first-order chi connectivity index (χ1) is 22.0. The van der Waals surface area contributed by atoms with Gasteiger partial charge in [-0.15, -0.1) is 0 Å². The van der Waals surface area contributed by atoms with Gasteiger partial charge in [-0.2, -0.15) is 0 Å². The van der Waals surface area contributed by atoms with Crippen molar-refractivity contribution in [3.8, 4) is 5.69 Å². The maximum absolute atomic E-state index is 13.1. The number of hydrogen-bond donors (Lipinski definition) is 3. The monoisotopic (exact) mass is 622 g/mol. The van der Waals surface area contributed by atoms with E-state index in [0.717, 1.165) is 85.0 Å². The number of rotatable bonds is 9. The standard InChI is InChI=1S/C36H38N4O6/c1-5-21-20(4)36(46)40-15-14-39-30(18-32(21)40)19(3)23(10-12-33(41)42)31(39)17-29-26(11-13-34(43)44)25-9-7-8-24-22(6-2)35(45)38-28(24)16-27(25)37-29/h14-18,37H,5-13H2,1-4H3,(H,41,42)(H,43,44)/b27-16+,29-17-. The van der Waals surface area contributed by atoms with Gasteiger partial charge >= 0.3 is 11.9 Å². The molecule has 46 heavy (non-hydrogen) atoms. The van der Waals surface area contributed by atoms with Crippen LogP contribution in [0.2, 0.25) is 0 Å². The number of carboxylic acid groups (broad SMARTS) is 2. The number of H-pyrrole nitrogens is 1. The predicted octanol–water partition coefficient (Wildman–Crippen LogP) is 3.70. The molecule has 0 bridgehead atoms. The minimum atomic E-state index is -0.901. The summed E-state index contributed by atoms with van der Waals surface area (Å²) in [5, 5.41) is 20.8. The SMILES string of the molecule is CCC1=C2CCCc3c(CCC(=O)O)/c(=C/c4c(CCC(=O)O)c(C)c5cc6c(CC)c(C)c(=O)n-6ccn45)[nH]/c3=C/C2=NC1=O. The van der Waals surface area contributed by atoms with Crippen LogP contribution in [0.3, 0.4) is 0 Å². The molecule has 238 valence electrons. The molecule has 10 heteroatoms. The third-order valence-electron chi connectivity index (χ3n) is 9.60. The van der Waals surface area contributed by atoms with Crippen LogP contribution in [0.25, 0.3) is 23.4 Å². The van der Waals surface area contributed by atoms with E-state index in [1.807, 2.05) is 56.5 Å². The number of amides is 1. The Labute approximate surface area is 265 Å². The van der Waals surface area contributed by atoms with E-state index in [1.165, 1.54) is 0 Å². The van der Waals surface area contributed by atoms with E-state index in [1.54, 1.807) is 10.8 Å². The van der Waals surface area contributed by atoms with Crippen molar-refractivity contribution < 1.29 is 24.6 Å². The highest BCUT2D eigenvalue weighted by atomic mass is 16.4. The van der Waals surface area contributed by atoms with E-state index in [2.05, 4.69) is 9.98 Å². The highest BCUT2D eigenvalue weighted by Gasteiger charge is 2.26. The van der Waals surface area contributed by atoms with Crippen molar-refractivity contribution in [2.24, 2.45) is 4.99 Å². The van der Waals surface area contributed by atoms with E-state index in [4.69, 9.17) is 0 Å². The van der Waals surface area contributed by atoms with Gasteiger partial charge in [-0.1, -0.05) is 13.8 Å². The van der Waals surface area contributed by atoms with Crippen molar-refractivity contribution in [3.63, 3.8) is 0 Å². The molecule has 0 unspecified atom stereocenters. The molecule has 0 spiro atoms. The molecule has 0 saturated carbocycles. The number of hydrogen-bond acceptors (Lipinski definition) is 4. The fourth-order valence-corrected chi connectivity index (χ4v) is 7.29. The number of aromatic nitrogens is 3. The lowest BCUT2D eigenvalue weighted by molar-refractivity contribution is -0.138. The molecule has 0 saturated heterocycles. The molecule has 0 radical (unpaired) electrons. The Bertz CT molecular complexity index is 2170. The number of carboxylic acids is 2. The molecule has 3 aliphatic heterocycles. The van der Waals surface area contributed by atoms with E-state index in [9.17, 15) is 29.4 Å². The Morgan fingerprint density at radius 1 is 0.957 bits per heavy atom. The quantitative estimate of drug-likeness (QED) is 0.260. The Morgan fingerprint density at radius 2 is 1.67 bits per heavy atom. The van der Waals surface area contributed by atoms with Gasteiger partial charge in [0.2, 0.25) is 0 Å². The first kappa shape index (κ1) is 31.0. The van der Waals surface area contributed by atoms with Crippen molar-refractivity contribution >= 4 is 41.2 Å². The molecule has 0 fully saturated rings. The van der Waals surface area contributed by atoms with Crippen LogP contribution in [-0.2, 0) is 40.1 Å². The van der Waals surface area contributed by atoms with Gasteiger partial charge in [-0.05, 0) is 110 Å². The zero-order chi connectivity index (χ0) is 32.9. The number of fused-ring (bicyclic) bond motifs is 4. The number of aliphatic imine (C=N–C) groups is 1. The van der Waals surface area contributed by atoms with Crippen LogP contribution >= 0.6 is 0 Å². The smallest absolute Gasteiger partial charge is 0.303 e. The average molecular weight is 623 g/mol. The molecular weight excluding hydrogens is 584 g/mol. The zero-order valence-corrected chi connectivity index (χ0v) is 26.6. The molecule has 6 rings (SSSR count). The first-order valence-corrected chi connectivity index (χ1v) is 15.9. The van der Waals surface area contributed by atoms with Crippen LogP contribution in [0.15, 0.2) is 39.4 Å². The number of nitrogens with zero attached hydrogens (tertiary/aromatic N) is 3. The normalized spacial score (nSPS) is 15.9. The summed E-state index contributed by atoms with van der Waals surface area (Å²) >= 11 is 0. The van der Waals surface area contributed by atoms with Gasteiger partial charge in [0.1, 0.15) is 0 Å². The average Bonchev–Trinajstić information content (AvgIpc) is 3.57.